The molecule has 1 saturated heterocycles. The molecule has 1 fully saturated rings. The van der Waals surface area contributed by atoms with Gasteiger partial charge in [0, 0.05) is 11.1 Å². The first kappa shape index (κ1) is 15.4. The standard InChI is InChI=1S/C15H11N3O3S2/c19-13(17-12-5-1-2-6-16-12)9-18-14(20)11(23-15(18)21)8-10-4-3-7-22-10/h1-8H,9H2,(H,16,17,19). The first-order valence-electron chi connectivity index (χ1n) is 6.63. The monoisotopic (exact) mass is 345 g/mol. The molecule has 6 nitrogen and oxygen atoms in total. The predicted octanol–water partition coefficient (Wildman–Crippen LogP) is 2.82. The minimum atomic E-state index is -0.469. The summed E-state index contributed by atoms with van der Waals surface area (Å²) in [6, 6.07) is 8.80. The fourth-order valence-corrected chi connectivity index (χ4v) is 3.46. The molecule has 0 unspecified atom stereocenters. The van der Waals surface area contributed by atoms with Crippen LogP contribution in [0.5, 0.6) is 0 Å². The lowest BCUT2D eigenvalue weighted by Crippen LogP contribution is -2.36. The Bertz CT molecular complexity index is 773. The topological polar surface area (TPSA) is 79.4 Å². The Morgan fingerprint density at radius 2 is 2.13 bits per heavy atom. The van der Waals surface area contributed by atoms with Gasteiger partial charge < -0.3 is 5.32 Å². The van der Waals surface area contributed by atoms with Gasteiger partial charge in [0.25, 0.3) is 11.1 Å². The number of anilines is 1. The highest BCUT2D eigenvalue weighted by atomic mass is 32.2. The van der Waals surface area contributed by atoms with E-state index in [9.17, 15) is 14.4 Å². The normalized spacial score (nSPS) is 16.2. The van der Waals surface area contributed by atoms with Crippen molar-refractivity contribution in [2.24, 2.45) is 0 Å². The van der Waals surface area contributed by atoms with E-state index >= 15 is 0 Å². The average molecular weight is 345 g/mol. The van der Waals surface area contributed by atoms with Crippen molar-refractivity contribution in [2.45, 2.75) is 0 Å². The van der Waals surface area contributed by atoms with Gasteiger partial charge in [-0.3, -0.25) is 19.3 Å². The van der Waals surface area contributed by atoms with E-state index in [4.69, 9.17) is 0 Å². The van der Waals surface area contributed by atoms with Gasteiger partial charge in [-0.05, 0) is 41.4 Å². The lowest BCUT2D eigenvalue weighted by atomic mass is 10.3. The lowest BCUT2D eigenvalue weighted by Gasteiger charge is -2.11. The third-order valence-electron chi connectivity index (χ3n) is 2.92. The molecular formula is C15H11N3O3S2. The first-order valence-corrected chi connectivity index (χ1v) is 8.33. The van der Waals surface area contributed by atoms with Gasteiger partial charge in [0.05, 0.1) is 4.91 Å². The summed E-state index contributed by atoms with van der Waals surface area (Å²) in [4.78, 5) is 42.3. The van der Waals surface area contributed by atoms with Crippen molar-refractivity contribution in [1.82, 2.24) is 9.88 Å². The summed E-state index contributed by atoms with van der Waals surface area (Å²) in [6.07, 6.45) is 3.20. The minimum Gasteiger partial charge on any atom is -0.309 e. The minimum absolute atomic E-state index is 0.322. The van der Waals surface area contributed by atoms with Gasteiger partial charge in [-0.15, -0.1) is 11.3 Å². The summed E-state index contributed by atoms with van der Waals surface area (Å²) in [5.41, 5.74) is 0. The third kappa shape index (κ3) is 3.66. The van der Waals surface area contributed by atoms with E-state index in [2.05, 4.69) is 10.3 Å². The second-order valence-corrected chi connectivity index (χ2v) is 6.52. The molecule has 0 spiro atoms. The van der Waals surface area contributed by atoms with Gasteiger partial charge in [-0.25, -0.2) is 4.98 Å². The molecule has 3 heterocycles. The van der Waals surface area contributed by atoms with Crippen LogP contribution in [-0.4, -0.2) is 33.5 Å². The molecule has 1 aliphatic rings. The number of nitrogens with one attached hydrogen (secondary N) is 1. The van der Waals surface area contributed by atoms with Gasteiger partial charge in [0.15, 0.2) is 0 Å². The summed E-state index contributed by atoms with van der Waals surface area (Å²) in [7, 11) is 0. The molecule has 116 valence electrons. The van der Waals surface area contributed by atoms with E-state index in [1.807, 2.05) is 17.5 Å². The van der Waals surface area contributed by atoms with Gasteiger partial charge in [0.2, 0.25) is 5.91 Å². The second-order valence-electron chi connectivity index (χ2n) is 4.55. The molecular weight excluding hydrogens is 334 g/mol. The maximum Gasteiger partial charge on any atom is 0.294 e. The van der Waals surface area contributed by atoms with Gasteiger partial charge in [-0.2, -0.15) is 0 Å². The van der Waals surface area contributed by atoms with E-state index in [0.29, 0.717) is 10.7 Å². The summed E-state index contributed by atoms with van der Waals surface area (Å²) >= 11 is 2.31. The number of hydrogen-bond donors (Lipinski definition) is 1. The van der Waals surface area contributed by atoms with Crippen molar-refractivity contribution in [3.63, 3.8) is 0 Å². The van der Waals surface area contributed by atoms with Crippen LogP contribution in [-0.2, 0) is 9.59 Å². The number of carbonyl (C=O) groups is 3. The van der Waals surface area contributed by atoms with Crippen LogP contribution in [0.2, 0.25) is 0 Å². The molecule has 1 N–H and O–H groups in total. The van der Waals surface area contributed by atoms with Crippen LogP contribution in [0, 0.1) is 0 Å². The molecule has 0 bridgehead atoms. The maximum absolute atomic E-state index is 12.3. The number of hydrogen-bond acceptors (Lipinski definition) is 6. The lowest BCUT2D eigenvalue weighted by molar-refractivity contribution is -0.127. The number of rotatable bonds is 4. The van der Waals surface area contributed by atoms with Crippen LogP contribution < -0.4 is 5.32 Å². The fraction of sp³-hybridized carbons (Fsp3) is 0.0667. The SMILES string of the molecule is O=C(CN1C(=O)SC(=Cc2cccs2)C1=O)Nc1ccccn1. The molecule has 0 aliphatic carbocycles. The van der Waals surface area contributed by atoms with Gasteiger partial charge in [-0.1, -0.05) is 12.1 Å². The number of amides is 3. The number of thiophene rings is 1. The van der Waals surface area contributed by atoms with E-state index < -0.39 is 17.1 Å². The number of carbonyl (C=O) groups excluding carboxylic acids is 3. The smallest absolute Gasteiger partial charge is 0.294 e. The second kappa shape index (κ2) is 6.76. The third-order valence-corrected chi connectivity index (χ3v) is 4.65. The number of pyridine rings is 1. The largest absolute Gasteiger partial charge is 0.309 e. The average Bonchev–Trinajstić information content (AvgIpc) is 3.13. The van der Waals surface area contributed by atoms with E-state index in [-0.39, 0.29) is 6.54 Å². The van der Waals surface area contributed by atoms with Crippen molar-refractivity contribution < 1.29 is 14.4 Å². The van der Waals surface area contributed by atoms with Crippen LogP contribution in [0.15, 0.2) is 46.8 Å². The Morgan fingerprint density at radius 1 is 1.26 bits per heavy atom. The number of thioether (sulfide) groups is 1. The van der Waals surface area contributed by atoms with Crippen LogP contribution >= 0.6 is 23.1 Å². The predicted molar refractivity (Wildman–Crippen MR) is 89.9 cm³/mol. The molecule has 0 saturated carbocycles. The molecule has 3 amide bonds. The summed E-state index contributed by atoms with van der Waals surface area (Å²) < 4.78 is 0. The molecule has 0 atom stereocenters. The summed E-state index contributed by atoms with van der Waals surface area (Å²) in [5, 5.41) is 3.98. The summed E-state index contributed by atoms with van der Waals surface area (Å²) in [5.74, 6) is -0.549. The first-order chi connectivity index (χ1) is 11.1. The molecule has 2 aromatic heterocycles. The van der Waals surface area contributed by atoms with Crippen molar-refractivity contribution in [1.29, 1.82) is 0 Å². The maximum atomic E-state index is 12.3. The molecule has 1 aliphatic heterocycles. The zero-order valence-corrected chi connectivity index (χ0v) is 13.4. The molecule has 0 aromatic carbocycles. The molecule has 3 rings (SSSR count). The van der Waals surface area contributed by atoms with Crippen molar-refractivity contribution >= 4 is 52.0 Å². The van der Waals surface area contributed by atoms with Gasteiger partial charge in [0.1, 0.15) is 12.4 Å². The highest BCUT2D eigenvalue weighted by molar-refractivity contribution is 8.18. The Hall–Kier alpha value is -2.45. The van der Waals surface area contributed by atoms with Crippen LogP contribution in [0.4, 0.5) is 10.6 Å². The van der Waals surface area contributed by atoms with Crippen LogP contribution in [0.1, 0.15) is 4.88 Å². The summed E-state index contributed by atoms with van der Waals surface area (Å²) in [6.45, 7) is -0.330. The Kier molecular flexibility index (Phi) is 4.54. The van der Waals surface area contributed by atoms with Crippen LogP contribution in [0.3, 0.4) is 0 Å². The van der Waals surface area contributed by atoms with Gasteiger partial charge >= 0.3 is 0 Å². The fourth-order valence-electron chi connectivity index (χ4n) is 1.90. The Labute approximate surface area is 140 Å². The van der Waals surface area contributed by atoms with E-state index in [1.54, 1.807) is 30.5 Å². The van der Waals surface area contributed by atoms with Crippen molar-refractivity contribution in [3.05, 3.63) is 51.7 Å². The quantitative estimate of drug-likeness (QED) is 0.862. The zero-order valence-electron chi connectivity index (χ0n) is 11.8. The number of imide groups is 1. The van der Waals surface area contributed by atoms with Crippen molar-refractivity contribution in [3.8, 4) is 0 Å². The molecule has 8 heteroatoms. The zero-order chi connectivity index (χ0) is 16.2. The number of nitrogens with zero attached hydrogens (tertiary/aromatic N) is 2. The molecule has 2 aromatic rings. The van der Waals surface area contributed by atoms with Crippen LogP contribution in [0.25, 0.3) is 6.08 Å². The molecule has 23 heavy (non-hydrogen) atoms. The highest BCUT2D eigenvalue weighted by Gasteiger charge is 2.36. The van der Waals surface area contributed by atoms with Crippen molar-refractivity contribution in [2.75, 3.05) is 11.9 Å². The van der Waals surface area contributed by atoms with E-state index in [0.717, 1.165) is 21.5 Å². The Morgan fingerprint density at radius 3 is 2.83 bits per heavy atom. The highest BCUT2D eigenvalue weighted by Crippen LogP contribution is 2.32. The van der Waals surface area contributed by atoms with E-state index in [1.165, 1.54) is 11.3 Å². The number of aromatic nitrogens is 1. The Balaban J connectivity index is 1.67. The molecule has 0 radical (unpaired) electrons.